The Morgan fingerprint density at radius 1 is 1.28 bits per heavy atom. The molecule has 0 aromatic heterocycles. The second-order valence-corrected chi connectivity index (χ2v) is 9.72. The van der Waals surface area contributed by atoms with Crippen molar-refractivity contribution in [3.05, 3.63) is 35.1 Å². The van der Waals surface area contributed by atoms with Gasteiger partial charge in [0.1, 0.15) is 5.82 Å². The molecule has 2 N–H and O–H groups in total. The quantitative estimate of drug-likeness (QED) is 0.457. The van der Waals surface area contributed by atoms with Gasteiger partial charge in [-0.25, -0.2) is 17.8 Å². The maximum Gasteiger partial charge on any atom is 0.191 e. The van der Waals surface area contributed by atoms with Crippen molar-refractivity contribution in [1.29, 1.82) is 0 Å². The van der Waals surface area contributed by atoms with E-state index in [0.29, 0.717) is 29.5 Å². The maximum absolute atomic E-state index is 13.7. The van der Waals surface area contributed by atoms with Crippen LogP contribution >= 0.6 is 0 Å². The lowest BCUT2D eigenvalue weighted by Crippen LogP contribution is -2.44. The number of halogens is 1. The Kier molecular flexibility index (Phi) is 9.32. The number of guanidine groups is 1. The highest BCUT2D eigenvalue weighted by Gasteiger charge is 2.14. The lowest BCUT2D eigenvalue weighted by Gasteiger charge is -2.29. The third-order valence-electron chi connectivity index (χ3n) is 4.63. The normalized spacial score (nSPS) is 17.2. The maximum atomic E-state index is 13.7. The molecule has 0 saturated carbocycles. The smallest absolute Gasteiger partial charge is 0.191 e. The summed E-state index contributed by atoms with van der Waals surface area (Å²) in [6, 6.07) is 4.16. The van der Waals surface area contributed by atoms with Crippen molar-refractivity contribution in [3.63, 3.8) is 0 Å². The number of aliphatic imine (C=N–C) groups is 1. The number of rotatable bonds is 9. The second kappa shape index (κ2) is 11.5. The predicted octanol–water partition coefficient (Wildman–Crippen LogP) is 1.39. The summed E-state index contributed by atoms with van der Waals surface area (Å²) < 4.78 is 42.4. The summed E-state index contributed by atoms with van der Waals surface area (Å²) in [7, 11) is -3.21. The second-order valence-electron chi connectivity index (χ2n) is 7.58. The molecule has 29 heavy (non-hydrogen) atoms. The van der Waals surface area contributed by atoms with Gasteiger partial charge in [-0.1, -0.05) is 13.0 Å². The van der Waals surface area contributed by atoms with Gasteiger partial charge in [0.25, 0.3) is 0 Å². The number of nitrogens with zero attached hydrogens (tertiary/aromatic N) is 2. The summed E-state index contributed by atoms with van der Waals surface area (Å²) >= 11 is 0. The largest absolute Gasteiger partial charge is 0.379 e. The minimum Gasteiger partial charge on any atom is -0.379 e. The number of sulfone groups is 1. The lowest BCUT2D eigenvalue weighted by atomic mass is 10.1. The Labute approximate surface area is 173 Å². The molecular weight excluding hydrogens is 395 g/mol. The molecule has 164 valence electrons. The van der Waals surface area contributed by atoms with Gasteiger partial charge in [0.2, 0.25) is 0 Å². The summed E-state index contributed by atoms with van der Waals surface area (Å²) in [6.45, 7) is 10.3. The molecule has 7 nitrogen and oxygen atoms in total. The number of benzene rings is 1. The van der Waals surface area contributed by atoms with E-state index in [9.17, 15) is 12.8 Å². The molecule has 0 aliphatic carbocycles. The average molecular weight is 429 g/mol. The van der Waals surface area contributed by atoms with E-state index in [1.165, 1.54) is 24.5 Å². The minimum absolute atomic E-state index is 0.126. The van der Waals surface area contributed by atoms with Crippen LogP contribution in [0.15, 0.2) is 23.2 Å². The Hall–Kier alpha value is -1.71. The van der Waals surface area contributed by atoms with E-state index in [1.54, 1.807) is 0 Å². The molecule has 1 fully saturated rings. The fourth-order valence-electron chi connectivity index (χ4n) is 3.23. The number of hydrogen-bond acceptors (Lipinski definition) is 5. The van der Waals surface area contributed by atoms with Gasteiger partial charge in [-0.2, -0.15) is 0 Å². The van der Waals surface area contributed by atoms with E-state index in [0.717, 1.165) is 39.4 Å². The molecule has 1 aromatic carbocycles. The Morgan fingerprint density at radius 2 is 2.00 bits per heavy atom. The molecule has 1 aromatic rings. The molecule has 9 heteroatoms. The van der Waals surface area contributed by atoms with Gasteiger partial charge in [0.15, 0.2) is 15.8 Å². The first-order chi connectivity index (χ1) is 13.8. The zero-order chi connectivity index (χ0) is 21.3. The predicted molar refractivity (Wildman–Crippen MR) is 114 cm³/mol. The first-order valence-corrected chi connectivity index (χ1v) is 12.1. The Balaban J connectivity index is 1.98. The lowest BCUT2D eigenvalue weighted by molar-refractivity contribution is 0.0320. The topological polar surface area (TPSA) is 83.0 Å². The number of nitrogens with one attached hydrogen (secondary N) is 2. The van der Waals surface area contributed by atoms with E-state index in [1.807, 2.05) is 6.92 Å². The van der Waals surface area contributed by atoms with Gasteiger partial charge in [-0.3, -0.25) is 4.90 Å². The monoisotopic (exact) mass is 428 g/mol. The highest BCUT2D eigenvalue weighted by Crippen LogP contribution is 2.15. The Morgan fingerprint density at radius 3 is 2.66 bits per heavy atom. The van der Waals surface area contributed by atoms with Crippen LogP contribution in [0.1, 0.15) is 25.0 Å². The van der Waals surface area contributed by atoms with Crippen LogP contribution in [-0.2, 0) is 26.9 Å². The molecule has 0 amide bonds. The van der Waals surface area contributed by atoms with Crippen molar-refractivity contribution < 1.29 is 17.5 Å². The first kappa shape index (κ1) is 23.6. The number of morpholine rings is 1. The minimum atomic E-state index is -3.21. The summed E-state index contributed by atoms with van der Waals surface area (Å²) in [4.78, 5) is 6.93. The molecule has 0 spiro atoms. The third-order valence-corrected chi connectivity index (χ3v) is 5.46. The summed E-state index contributed by atoms with van der Waals surface area (Å²) in [5, 5.41) is 6.52. The van der Waals surface area contributed by atoms with Crippen molar-refractivity contribution in [1.82, 2.24) is 15.5 Å². The van der Waals surface area contributed by atoms with Crippen molar-refractivity contribution in [2.45, 2.75) is 26.1 Å². The van der Waals surface area contributed by atoms with Gasteiger partial charge in [-0.05, 0) is 36.1 Å². The fourth-order valence-corrected chi connectivity index (χ4v) is 4.08. The van der Waals surface area contributed by atoms with Crippen LogP contribution < -0.4 is 10.6 Å². The van der Waals surface area contributed by atoms with Crippen LogP contribution in [0.5, 0.6) is 0 Å². The van der Waals surface area contributed by atoms with Crippen molar-refractivity contribution in [2.24, 2.45) is 10.9 Å². The molecule has 1 aliphatic rings. The van der Waals surface area contributed by atoms with Gasteiger partial charge in [0.05, 0.1) is 25.5 Å². The van der Waals surface area contributed by atoms with Crippen molar-refractivity contribution >= 4 is 15.8 Å². The van der Waals surface area contributed by atoms with Crippen LogP contribution in [0, 0.1) is 11.7 Å². The zero-order valence-electron chi connectivity index (χ0n) is 17.6. The number of hydrogen-bond donors (Lipinski definition) is 2. The zero-order valence-corrected chi connectivity index (χ0v) is 18.4. The summed E-state index contributed by atoms with van der Waals surface area (Å²) in [6.07, 6.45) is 1.17. The third kappa shape index (κ3) is 9.10. The molecule has 0 radical (unpaired) electrons. The van der Waals surface area contributed by atoms with Crippen LogP contribution in [0.3, 0.4) is 0 Å². The van der Waals surface area contributed by atoms with Crippen LogP contribution in [0.4, 0.5) is 4.39 Å². The number of ether oxygens (including phenoxy) is 1. The summed E-state index contributed by atoms with van der Waals surface area (Å²) in [5.74, 6) is 0.533. The van der Waals surface area contributed by atoms with E-state index >= 15 is 0 Å². The van der Waals surface area contributed by atoms with Gasteiger partial charge >= 0.3 is 0 Å². The van der Waals surface area contributed by atoms with Gasteiger partial charge in [0, 0.05) is 39.0 Å². The Bertz CT molecular complexity index is 780. The van der Waals surface area contributed by atoms with Gasteiger partial charge in [-0.15, -0.1) is 0 Å². The highest BCUT2D eigenvalue weighted by molar-refractivity contribution is 7.89. The molecule has 2 rings (SSSR count). The van der Waals surface area contributed by atoms with Crippen molar-refractivity contribution in [3.8, 4) is 0 Å². The standard InChI is InChI=1S/C20H33FN4O3S/c1-4-22-20(23-12-16(2)14-25-7-9-28-10-8-25)24-13-18-11-19(21)6-5-17(18)15-29(3,26)27/h5-6,11,16H,4,7-10,12-15H2,1-3H3,(H2,22,23,24). The van der Waals surface area contributed by atoms with Crippen molar-refractivity contribution in [2.75, 3.05) is 52.2 Å². The van der Waals surface area contributed by atoms with E-state index < -0.39 is 15.7 Å². The molecule has 1 heterocycles. The first-order valence-electron chi connectivity index (χ1n) is 10.0. The molecule has 1 saturated heterocycles. The van der Waals surface area contributed by atoms with E-state index in [2.05, 4.69) is 27.4 Å². The average Bonchev–Trinajstić information content (AvgIpc) is 2.65. The van der Waals surface area contributed by atoms with E-state index in [-0.39, 0.29) is 12.3 Å². The summed E-state index contributed by atoms with van der Waals surface area (Å²) in [5.41, 5.74) is 1.16. The SMILES string of the molecule is CCNC(=NCc1cc(F)ccc1CS(C)(=O)=O)NCC(C)CN1CCOCC1. The van der Waals surface area contributed by atoms with Crippen LogP contribution in [-0.4, -0.2) is 71.5 Å². The molecule has 1 aliphatic heterocycles. The van der Waals surface area contributed by atoms with E-state index in [4.69, 9.17) is 4.74 Å². The fraction of sp³-hybridized carbons (Fsp3) is 0.650. The molecule has 0 bridgehead atoms. The van der Waals surface area contributed by atoms with Crippen LogP contribution in [0.2, 0.25) is 0 Å². The van der Waals surface area contributed by atoms with Gasteiger partial charge < -0.3 is 15.4 Å². The molecular formula is C20H33FN4O3S. The van der Waals surface area contributed by atoms with Crippen LogP contribution in [0.25, 0.3) is 0 Å². The molecule has 1 atom stereocenters. The highest BCUT2D eigenvalue weighted by atomic mass is 32.2. The molecule has 1 unspecified atom stereocenters.